The number of allylic oxidation sites excluding steroid dienone is 3. The number of carboxylic acids is 1. The van der Waals surface area contributed by atoms with Gasteiger partial charge >= 0.3 is 5.97 Å². The van der Waals surface area contributed by atoms with Crippen molar-refractivity contribution in [2.75, 3.05) is 31.7 Å². The molecule has 11 aliphatic rings. The van der Waals surface area contributed by atoms with Crippen molar-refractivity contribution in [2.45, 2.75) is 191 Å². The van der Waals surface area contributed by atoms with Crippen molar-refractivity contribution < 1.29 is 65.0 Å². The molecule has 1 spiro atoms. The van der Waals surface area contributed by atoms with Crippen LogP contribution in [0.3, 0.4) is 0 Å². The molecule has 13 rings (SSSR count). The van der Waals surface area contributed by atoms with Crippen LogP contribution in [0.15, 0.2) is 42.7 Å². The molecule has 2 aromatic rings. The Bertz CT molecular complexity index is 2820. The number of aromatic nitrogens is 4. The van der Waals surface area contributed by atoms with Crippen LogP contribution in [0.5, 0.6) is 0 Å². The fourth-order valence-corrected chi connectivity index (χ4v) is 22.7. The summed E-state index contributed by atoms with van der Waals surface area (Å²) in [6, 6.07) is -0.790. The molecule has 8 aliphatic carbocycles. The van der Waals surface area contributed by atoms with E-state index in [2.05, 4.69) is 58.5 Å². The van der Waals surface area contributed by atoms with Crippen LogP contribution in [0.4, 0.5) is 5.82 Å². The highest BCUT2D eigenvalue weighted by Gasteiger charge is 2.80. The van der Waals surface area contributed by atoms with Crippen LogP contribution in [0, 0.1) is 91.2 Å². The molecule has 24 atom stereocenters. The molecule has 8 fully saturated rings. The SMILES string of the molecule is C[C@]1(CO)CC[C@@]2(C(=O)O)[C@@H](C1)C1=CC[C@@H]3[C@@]4(C5CCCC5)[C@@H]([C@@H]5C=C[C@](c6cnc[nH]6)([C@H](O)C[C@@H](N)O)[C@H]6NC(=O)C7(CCCC7)[C@H]56)[C@@H](O)[C@@H](O[C@@H]5OC[C@@H](O)[C@H](O)[C@H]5O)[C@@](C)(CO)[C@H]4CC[C@@]3(C)[C@]1(C)[C@@H]1Cc3[nH]cnc3NC[C@@H]12. The van der Waals surface area contributed by atoms with Gasteiger partial charge in [0.05, 0.1) is 72.2 Å². The number of hydrogen-bond donors (Lipinski definition) is 14. The Morgan fingerprint density at radius 2 is 1.65 bits per heavy atom. The van der Waals surface area contributed by atoms with Crippen LogP contribution in [-0.2, 0) is 30.9 Å². The summed E-state index contributed by atoms with van der Waals surface area (Å²) in [5.74, 6) is -3.65. The number of hydrogen-bond acceptors (Lipinski definition) is 16. The topological polar surface area (TPSA) is 342 Å². The normalized spacial score (nSPS) is 49.1. The quantitative estimate of drug-likeness (QED) is 0.0871. The zero-order valence-electron chi connectivity index (χ0n) is 48.1. The van der Waals surface area contributed by atoms with E-state index >= 15 is 4.79 Å². The molecule has 5 heterocycles. The van der Waals surface area contributed by atoms with Crippen molar-refractivity contribution in [3.63, 3.8) is 0 Å². The number of nitrogens with one attached hydrogen (secondary N) is 4. The van der Waals surface area contributed by atoms with Gasteiger partial charge in [-0.05, 0) is 134 Å². The monoisotopic (exact) mass is 1140 g/mol. The molecule has 0 bridgehead atoms. The lowest BCUT2D eigenvalue weighted by atomic mass is 9.27. The summed E-state index contributed by atoms with van der Waals surface area (Å²) in [7, 11) is 0. The number of aliphatic hydroxyl groups is 8. The molecule has 2 aromatic heterocycles. The molecule has 6 saturated carbocycles. The maximum absolute atomic E-state index is 15.5. The maximum atomic E-state index is 15.5. The molecule has 20 heteroatoms. The lowest BCUT2D eigenvalue weighted by molar-refractivity contribution is -0.354. The number of H-pyrrole nitrogens is 2. The fraction of sp³-hybridized carbons (Fsp3) is 0.806. The van der Waals surface area contributed by atoms with Gasteiger partial charge in [-0.15, -0.1) is 0 Å². The zero-order chi connectivity index (χ0) is 57.9. The number of nitrogens with zero attached hydrogens (tertiary/aromatic N) is 2. The van der Waals surface area contributed by atoms with Gasteiger partial charge in [0.25, 0.3) is 0 Å². The summed E-state index contributed by atoms with van der Waals surface area (Å²) in [5.41, 5.74) is 1.43. The molecule has 0 radical (unpaired) electrons. The van der Waals surface area contributed by atoms with E-state index in [0.717, 1.165) is 55.6 Å². The van der Waals surface area contributed by atoms with Crippen molar-refractivity contribution in [3.8, 4) is 0 Å². The third-order valence-corrected chi connectivity index (χ3v) is 26.4. The van der Waals surface area contributed by atoms with Crippen LogP contribution in [0.1, 0.15) is 135 Å². The third kappa shape index (κ3) is 7.41. The van der Waals surface area contributed by atoms with Gasteiger partial charge in [0.1, 0.15) is 30.4 Å². The molecule has 452 valence electrons. The van der Waals surface area contributed by atoms with Gasteiger partial charge in [-0.25, -0.2) is 9.97 Å². The summed E-state index contributed by atoms with van der Waals surface area (Å²) in [4.78, 5) is 46.1. The molecule has 1 amide bonds. The van der Waals surface area contributed by atoms with Crippen molar-refractivity contribution in [1.29, 1.82) is 0 Å². The first-order chi connectivity index (χ1) is 39.1. The van der Waals surface area contributed by atoms with Crippen LogP contribution in [-0.4, -0.2) is 159 Å². The fourth-order valence-electron chi connectivity index (χ4n) is 22.7. The minimum Gasteiger partial charge on any atom is -0.481 e. The van der Waals surface area contributed by atoms with Crippen LogP contribution >= 0.6 is 0 Å². The third-order valence-electron chi connectivity index (χ3n) is 26.4. The van der Waals surface area contributed by atoms with Crippen LogP contribution in [0.25, 0.3) is 0 Å². The average Bonchev–Trinajstić information content (AvgIpc) is 1.09. The second kappa shape index (κ2) is 19.9. The van der Waals surface area contributed by atoms with E-state index < -0.39 is 135 Å². The number of carboxylic acid groups (broad SMARTS) is 1. The standard InChI is InChI=1S/C62H91N7O13/c1-55(27-70)19-20-60(54(79)80)35(23-55)33-11-12-40-57(3,58(33,4)34-21-37-51(68-30-66-37)65-24-36(34)60)17-14-39-56(2,28-71)50(82-52-48(77)46(75)38(72)26-81-52)47(76)44(62(39,40)31-9-5-6-10-31)32-13-18-61(41-25-64-29-67-41,42(73)22-43(63)74)49-45(32)59(53(78)69-49)15-7-8-16-59/h11,13,18,25,29-32,34-36,38-40,42-50,52,65,70-77H,5-10,12,14-17,19-24,26-28,63H2,1-4H3,(H,64,67)(H,66,68)(H,69,78)(H,79,80)/t32-,34+,35-,36-,38+,39+,40-,42+,43-,44-,45+,46-,47+,48+,49-,50+,52-,55-,56-,57+,58-,60+,61-,62-/m0/s1. The highest BCUT2D eigenvalue weighted by molar-refractivity contribution is 5.87. The van der Waals surface area contributed by atoms with Gasteiger partial charge in [0.15, 0.2) is 6.29 Å². The van der Waals surface area contributed by atoms with E-state index in [1.54, 1.807) is 18.9 Å². The first kappa shape index (κ1) is 57.3. The van der Waals surface area contributed by atoms with Gasteiger partial charge in [0, 0.05) is 48.7 Å². The van der Waals surface area contributed by atoms with Crippen LogP contribution in [0.2, 0.25) is 0 Å². The summed E-state index contributed by atoms with van der Waals surface area (Å²) in [6.45, 7) is 8.56. The number of aliphatic carboxylic acids is 1. The number of imidazole rings is 2. The zero-order valence-corrected chi connectivity index (χ0v) is 48.1. The Morgan fingerprint density at radius 3 is 2.33 bits per heavy atom. The number of ether oxygens (including phenoxy) is 2. The summed E-state index contributed by atoms with van der Waals surface area (Å²) in [5, 5.41) is 114. The Kier molecular flexibility index (Phi) is 13.9. The molecule has 82 heavy (non-hydrogen) atoms. The van der Waals surface area contributed by atoms with E-state index in [0.29, 0.717) is 70.0 Å². The lowest BCUT2D eigenvalue weighted by Crippen LogP contribution is -2.77. The van der Waals surface area contributed by atoms with Crippen molar-refractivity contribution >= 4 is 17.7 Å². The minimum absolute atomic E-state index is 0.0192. The highest BCUT2D eigenvalue weighted by Crippen LogP contribution is 2.82. The molecule has 20 nitrogen and oxygen atoms in total. The largest absolute Gasteiger partial charge is 0.481 e. The lowest BCUT2D eigenvalue weighted by Gasteiger charge is -2.77. The number of fused-ring (bicyclic) bond motifs is 13. The second-order valence-electron chi connectivity index (χ2n) is 29.2. The summed E-state index contributed by atoms with van der Waals surface area (Å²) < 4.78 is 13.1. The molecule has 2 saturated heterocycles. The maximum Gasteiger partial charge on any atom is 0.310 e. The van der Waals surface area contributed by atoms with E-state index in [1.807, 2.05) is 13.0 Å². The highest BCUT2D eigenvalue weighted by atomic mass is 16.7. The van der Waals surface area contributed by atoms with Crippen molar-refractivity contribution in [2.24, 2.45) is 96.9 Å². The molecular weight excluding hydrogens is 1050 g/mol. The van der Waals surface area contributed by atoms with E-state index in [1.165, 1.54) is 0 Å². The minimum atomic E-state index is -1.70. The Hall–Kier alpha value is -3.80. The summed E-state index contributed by atoms with van der Waals surface area (Å²) in [6.07, 6.45) is 9.80. The van der Waals surface area contributed by atoms with E-state index in [4.69, 9.17) is 20.2 Å². The second-order valence-corrected chi connectivity index (χ2v) is 29.2. The van der Waals surface area contributed by atoms with Gasteiger partial charge in [-0.3, -0.25) is 9.59 Å². The van der Waals surface area contributed by atoms with E-state index in [9.17, 15) is 50.8 Å². The molecular formula is C62H91N7O13. The predicted octanol–water partition coefficient (Wildman–Crippen LogP) is 3.40. The smallest absolute Gasteiger partial charge is 0.310 e. The molecule has 15 N–H and O–H groups in total. The van der Waals surface area contributed by atoms with Gasteiger partial charge in [-0.1, -0.05) is 77.2 Å². The Balaban J connectivity index is 1.08. The molecule has 0 aromatic carbocycles. The Labute approximate surface area is 479 Å². The summed E-state index contributed by atoms with van der Waals surface area (Å²) >= 11 is 0. The number of anilines is 1. The number of rotatable bonds is 11. The number of carbonyl (C=O) groups is 2. The van der Waals surface area contributed by atoms with Gasteiger partial charge < -0.3 is 81.8 Å². The van der Waals surface area contributed by atoms with E-state index in [-0.39, 0.29) is 55.1 Å². The van der Waals surface area contributed by atoms with Gasteiger partial charge in [-0.2, -0.15) is 0 Å². The number of aromatic amines is 2. The molecule has 3 aliphatic heterocycles. The molecule has 0 unspecified atom stereocenters. The number of aliphatic hydroxyl groups excluding tert-OH is 8. The number of nitrogens with two attached hydrogens (primary N) is 1. The number of amides is 1. The average molecular weight is 1140 g/mol. The van der Waals surface area contributed by atoms with Crippen molar-refractivity contribution in [3.05, 3.63) is 54.0 Å². The van der Waals surface area contributed by atoms with Crippen molar-refractivity contribution in [1.82, 2.24) is 25.3 Å². The number of carbonyl (C=O) groups excluding carboxylic acids is 1. The van der Waals surface area contributed by atoms with Gasteiger partial charge in [0.2, 0.25) is 5.91 Å². The predicted molar refractivity (Wildman–Crippen MR) is 297 cm³/mol. The van der Waals surface area contributed by atoms with Crippen LogP contribution < -0.4 is 16.4 Å². The first-order valence-corrected chi connectivity index (χ1v) is 31.1. The first-order valence-electron chi connectivity index (χ1n) is 31.1. The Morgan fingerprint density at radius 1 is 0.890 bits per heavy atom.